The molecule has 110 valence electrons. The van der Waals surface area contributed by atoms with E-state index in [0.717, 1.165) is 44.7 Å². The smallest absolute Gasteiger partial charge is 0.217 e. The Morgan fingerprint density at radius 2 is 2.00 bits per heavy atom. The molecule has 1 aromatic rings. The summed E-state index contributed by atoms with van der Waals surface area (Å²) in [5.41, 5.74) is 7.27. The molecule has 1 aliphatic rings. The van der Waals surface area contributed by atoms with Gasteiger partial charge < -0.3 is 15.7 Å². The monoisotopic (exact) mass is 277 g/mol. The molecule has 5 nitrogen and oxygen atoms in total. The van der Waals surface area contributed by atoms with Crippen molar-refractivity contribution in [3.05, 3.63) is 29.8 Å². The van der Waals surface area contributed by atoms with Crippen molar-refractivity contribution in [2.24, 2.45) is 5.73 Å². The summed E-state index contributed by atoms with van der Waals surface area (Å²) in [5, 5.41) is 9.18. The fourth-order valence-corrected chi connectivity index (χ4v) is 2.56. The first kappa shape index (κ1) is 14.8. The van der Waals surface area contributed by atoms with Gasteiger partial charge in [0.1, 0.15) is 0 Å². The minimum absolute atomic E-state index is 0.0842. The molecule has 0 spiro atoms. The van der Waals surface area contributed by atoms with Gasteiger partial charge in [-0.05, 0) is 30.7 Å². The Labute approximate surface area is 120 Å². The number of piperazine rings is 1. The lowest BCUT2D eigenvalue weighted by molar-refractivity contribution is -0.118. The Bertz CT molecular complexity index is 442. The molecule has 1 saturated heterocycles. The molecule has 0 aliphatic carbocycles. The lowest BCUT2D eigenvalue weighted by Gasteiger charge is -2.36. The van der Waals surface area contributed by atoms with E-state index in [9.17, 15) is 9.90 Å². The summed E-state index contributed by atoms with van der Waals surface area (Å²) < 4.78 is 0. The van der Waals surface area contributed by atoms with E-state index in [4.69, 9.17) is 5.73 Å². The number of aliphatic hydroxyl groups is 1. The number of aliphatic hydroxyl groups excluding tert-OH is 1. The Morgan fingerprint density at radius 3 is 2.65 bits per heavy atom. The minimum Gasteiger partial charge on any atom is -0.392 e. The number of carbonyl (C=O) groups is 1. The van der Waals surface area contributed by atoms with Gasteiger partial charge in [-0.15, -0.1) is 0 Å². The van der Waals surface area contributed by atoms with Crippen molar-refractivity contribution >= 4 is 11.6 Å². The highest BCUT2D eigenvalue weighted by molar-refractivity contribution is 5.73. The number of nitrogens with two attached hydrogens (primary N) is 1. The third kappa shape index (κ3) is 4.21. The molecule has 1 aliphatic heterocycles. The van der Waals surface area contributed by atoms with Crippen LogP contribution in [0.1, 0.15) is 18.4 Å². The Hall–Kier alpha value is -1.59. The van der Waals surface area contributed by atoms with Gasteiger partial charge in [-0.25, -0.2) is 0 Å². The number of carbonyl (C=O) groups excluding carboxylic acids is 1. The van der Waals surface area contributed by atoms with E-state index < -0.39 is 0 Å². The van der Waals surface area contributed by atoms with Crippen molar-refractivity contribution in [2.45, 2.75) is 19.4 Å². The number of hydrogen-bond acceptors (Lipinski definition) is 4. The van der Waals surface area contributed by atoms with Crippen LogP contribution < -0.4 is 10.6 Å². The average molecular weight is 277 g/mol. The van der Waals surface area contributed by atoms with E-state index in [1.165, 1.54) is 5.69 Å². The summed E-state index contributed by atoms with van der Waals surface area (Å²) in [7, 11) is 0. The molecule has 2 rings (SSSR count). The van der Waals surface area contributed by atoms with E-state index in [1.807, 2.05) is 18.2 Å². The first-order valence-electron chi connectivity index (χ1n) is 7.14. The maximum absolute atomic E-state index is 10.7. The van der Waals surface area contributed by atoms with E-state index in [0.29, 0.717) is 6.42 Å². The summed E-state index contributed by atoms with van der Waals surface area (Å²) in [6, 6.07) is 8.05. The second-order valence-corrected chi connectivity index (χ2v) is 5.23. The van der Waals surface area contributed by atoms with Crippen molar-refractivity contribution in [1.29, 1.82) is 0 Å². The second-order valence-electron chi connectivity index (χ2n) is 5.23. The molecule has 0 unspecified atom stereocenters. The highest BCUT2D eigenvalue weighted by atomic mass is 16.3. The molecular weight excluding hydrogens is 254 g/mol. The third-order valence-corrected chi connectivity index (χ3v) is 3.73. The van der Waals surface area contributed by atoms with Crippen LogP contribution in [0.25, 0.3) is 0 Å². The Morgan fingerprint density at radius 1 is 1.25 bits per heavy atom. The zero-order valence-corrected chi connectivity index (χ0v) is 11.8. The summed E-state index contributed by atoms with van der Waals surface area (Å²) >= 11 is 0. The average Bonchev–Trinajstić information content (AvgIpc) is 2.48. The molecule has 5 heteroatoms. The number of primary amides is 1. The van der Waals surface area contributed by atoms with Crippen LogP contribution in [-0.4, -0.2) is 48.6 Å². The fraction of sp³-hybridized carbons (Fsp3) is 0.533. The van der Waals surface area contributed by atoms with Crippen LogP contribution in [0.2, 0.25) is 0 Å². The number of amides is 1. The second kappa shape index (κ2) is 7.26. The quantitative estimate of drug-likeness (QED) is 0.797. The van der Waals surface area contributed by atoms with Crippen LogP contribution in [0, 0.1) is 0 Å². The first-order valence-corrected chi connectivity index (χ1v) is 7.14. The summed E-state index contributed by atoms with van der Waals surface area (Å²) in [5.74, 6) is -0.218. The predicted molar refractivity (Wildman–Crippen MR) is 79.4 cm³/mol. The number of hydrogen-bond donors (Lipinski definition) is 2. The van der Waals surface area contributed by atoms with Crippen molar-refractivity contribution < 1.29 is 9.90 Å². The normalized spacial score (nSPS) is 16.4. The summed E-state index contributed by atoms with van der Waals surface area (Å²) in [4.78, 5) is 15.4. The largest absolute Gasteiger partial charge is 0.392 e. The van der Waals surface area contributed by atoms with Gasteiger partial charge in [0, 0.05) is 38.3 Å². The van der Waals surface area contributed by atoms with Crippen LogP contribution in [0.3, 0.4) is 0 Å². The lowest BCUT2D eigenvalue weighted by atomic mass is 10.1. The van der Waals surface area contributed by atoms with E-state index in [2.05, 4.69) is 15.9 Å². The van der Waals surface area contributed by atoms with Crippen molar-refractivity contribution in [1.82, 2.24) is 4.90 Å². The van der Waals surface area contributed by atoms with Crippen molar-refractivity contribution in [3.8, 4) is 0 Å². The van der Waals surface area contributed by atoms with Crippen LogP contribution in [0.4, 0.5) is 5.69 Å². The minimum atomic E-state index is -0.218. The van der Waals surface area contributed by atoms with Gasteiger partial charge in [0.2, 0.25) is 5.91 Å². The van der Waals surface area contributed by atoms with Gasteiger partial charge in [0.15, 0.2) is 0 Å². The molecule has 0 bridgehead atoms. The molecular formula is C15H23N3O2. The van der Waals surface area contributed by atoms with E-state index in [-0.39, 0.29) is 12.5 Å². The van der Waals surface area contributed by atoms with Crippen molar-refractivity contribution in [2.75, 3.05) is 37.6 Å². The zero-order chi connectivity index (χ0) is 14.4. The Balaban J connectivity index is 1.80. The molecule has 1 amide bonds. The van der Waals surface area contributed by atoms with E-state index >= 15 is 0 Å². The standard InChI is InChI=1S/C15H23N3O2/c16-15(20)5-2-6-17-7-9-18(10-8-17)14-4-1-3-13(11-14)12-19/h1,3-4,11,19H,2,5-10,12H2,(H2,16,20). The zero-order valence-electron chi connectivity index (χ0n) is 11.8. The van der Waals surface area contributed by atoms with Gasteiger partial charge in [-0.1, -0.05) is 12.1 Å². The molecule has 3 N–H and O–H groups in total. The van der Waals surface area contributed by atoms with Gasteiger partial charge in [-0.2, -0.15) is 0 Å². The van der Waals surface area contributed by atoms with Gasteiger partial charge in [0.25, 0.3) is 0 Å². The molecule has 1 heterocycles. The number of nitrogens with zero attached hydrogens (tertiary/aromatic N) is 2. The van der Waals surface area contributed by atoms with Crippen LogP contribution in [0.5, 0.6) is 0 Å². The highest BCUT2D eigenvalue weighted by Gasteiger charge is 2.17. The fourth-order valence-electron chi connectivity index (χ4n) is 2.56. The molecule has 1 fully saturated rings. The predicted octanol–water partition coefficient (Wildman–Crippen LogP) is 0.566. The maximum atomic E-state index is 10.7. The topological polar surface area (TPSA) is 69.8 Å². The summed E-state index contributed by atoms with van der Waals surface area (Å²) in [6.45, 7) is 4.98. The SMILES string of the molecule is NC(=O)CCCN1CCN(c2cccc(CO)c2)CC1. The molecule has 1 aromatic carbocycles. The van der Waals surface area contributed by atoms with E-state index in [1.54, 1.807) is 0 Å². The molecule has 0 saturated carbocycles. The number of rotatable bonds is 6. The van der Waals surface area contributed by atoms with Gasteiger partial charge in [-0.3, -0.25) is 9.69 Å². The van der Waals surface area contributed by atoms with Gasteiger partial charge in [0.05, 0.1) is 6.61 Å². The molecule has 0 radical (unpaired) electrons. The highest BCUT2D eigenvalue weighted by Crippen LogP contribution is 2.18. The van der Waals surface area contributed by atoms with Crippen molar-refractivity contribution in [3.63, 3.8) is 0 Å². The first-order chi connectivity index (χ1) is 9.69. The van der Waals surface area contributed by atoms with Gasteiger partial charge >= 0.3 is 0 Å². The lowest BCUT2D eigenvalue weighted by Crippen LogP contribution is -2.46. The number of anilines is 1. The molecule has 0 atom stereocenters. The Kier molecular flexibility index (Phi) is 5.38. The molecule has 0 aromatic heterocycles. The van der Waals surface area contributed by atoms with Crippen LogP contribution in [-0.2, 0) is 11.4 Å². The van der Waals surface area contributed by atoms with Crippen LogP contribution in [0.15, 0.2) is 24.3 Å². The maximum Gasteiger partial charge on any atom is 0.217 e. The van der Waals surface area contributed by atoms with Crippen LogP contribution >= 0.6 is 0 Å². The molecule has 20 heavy (non-hydrogen) atoms. The number of benzene rings is 1. The summed E-state index contributed by atoms with van der Waals surface area (Å²) in [6.07, 6.45) is 1.31. The third-order valence-electron chi connectivity index (χ3n) is 3.73.